The Morgan fingerprint density at radius 3 is 1.14 bits per heavy atom. The largest absolute Gasteiger partial charge is 0.472 e. The Balaban J connectivity index is 1.95. The van der Waals surface area contributed by atoms with Crippen molar-refractivity contribution in [3.8, 4) is 0 Å². The summed E-state index contributed by atoms with van der Waals surface area (Å²) in [6, 6.07) is 0. The highest BCUT2D eigenvalue weighted by molar-refractivity contribution is 7.47. The van der Waals surface area contributed by atoms with Crippen LogP contribution in [0.1, 0.15) is 362 Å². The molecule has 0 radical (unpaired) electrons. The molecule has 26 heteroatoms. The van der Waals surface area contributed by atoms with Crippen LogP contribution in [0, 0.1) is 5.92 Å². The van der Waals surface area contributed by atoms with E-state index >= 15 is 0 Å². The summed E-state index contributed by atoms with van der Waals surface area (Å²) in [7, 11) is -5.81. The molecule has 666 valence electrons. The number of rotatable bonds is 71. The molecule has 2 aliphatic heterocycles. The van der Waals surface area contributed by atoms with E-state index in [9.17, 15) is 74.6 Å². The van der Waals surface area contributed by atoms with Gasteiger partial charge in [0.2, 0.25) is 0 Å². The predicted octanol–water partition coefficient (Wildman–Crippen LogP) is 15.8. The highest BCUT2D eigenvalue weighted by atomic mass is 31.2. The van der Waals surface area contributed by atoms with E-state index in [0.717, 1.165) is 109 Å². The molecule has 0 spiro atoms. The van der Waals surface area contributed by atoms with Gasteiger partial charge >= 0.3 is 31.7 Å². The number of unbranched alkanes of at least 4 members (excludes halogenated alkanes) is 37. The first kappa shape index (κ1) is 105. The first-order valence-corrected chi connectivity index (χ1v) is 46.6. The van der Waals surface area contributed by atoms with Crippen molar-refractivity contribution in [2.45, 2.75) is 466 Å². The lowest BCUT2D eigenvalue weighted by Gasteiger charge is -2.50. The van der Waals surface area contributed by atoms with E-state index < -0.39 is 162 Å². The van der Waals surface area contributed by atoms with E-state index in [1.165, 1.54) is 141 Å². The van der Waals surface area contributed by atoms with E-state index in [0.29, 0.717) is 50.9 Å². The summed E-state index contributed by atoms with van der Waals surface area (Å²) < 4.78 is 73.2. The number of allylic oxidation sites excluding steroid dienone is 6. The van der Waals surface area contributed by atoms with Crippen LogP contribution in [-0.4, -0.2) is 205 Å². The zero-order chi connectivity index (χ0) is 83.4. The van der Waals surface area contributed by atoms with Crippen LogP contribution in [0.3, 0.4) is 0 Å². The SMILES string of the molecule is CCCCCCCC/C=C\CCCCCC(=O)OCC(COP(=O)(O)OC1C(OC2OC(CO)C(O)C(O)C2O)C(O)C(O)C(OC(=O)CCCCC/C=C\CCCCCCCC)C1OC1OC(COC(=O)CCCCC/C=C\CCCCCCCC)C(O)C(O)C1O)OC(=O)CCCCCCCCC(C)CCCCCCCC. The molecular weight excluding hydrogens is 1490 g/mol. The third-order valence-electron chi connectivity index (χ3n) is 22.0. The lowest BCUT2D eigenvalue weighted by molar-refractivity contribution is -0.360. The standard InChI is InChI=1S/C88H159O25P/c1-6-10-14-18-22-25-28-31-34-37-40-47-53-59-71(90)104-64-68(107-73(92)61-55-50-44-43-46-52-58-67(5)57-51-45-21-17-13-9-4)65-106-114(102,103)113-86-84(111-87-81(100)77(96)75(94)69(63-89)108-87)80(99)79(98)83(110-74(93)62-56-49-42-39-36-33-30-27-24-20-16-12-8-3)85(86)112-88-82(101)78(97)76(95)70(109-88)66-105-72(91)60-54-48-41-38-35-32-29-26-23-19-15-11-7-2/h31-36,67-70,75-89,94-101H,6-30,37-66H2,1-5H3,(H,102,103)/b34-31-,35-32-,36-33-. The van der Waals surface area contributed by atoms with Crippen LogP contribution >= 0.6 is 7.82 Å². The molecule has 0 amide bonds. The number of carbonyl (C=O) groups excluding carboxylic acids is 4. The van der Waals surface area contributed by atoms with Crippen molar-refractivity contribution >= 4 is 31.7 Å². The van der Waals surface area contributed by atoms with E-state index in [-0.39, 0.29) is 32.1 Å². The van der Waals surface area contributed by atoms with E-state index in [1.807, 2.05) is 0 Å². The van der Waals surface area contributed by atoms with Gasteiger partial charge in [0.25, 0.3) is 0 Å². The molecule has 1 aliphatic carbocycles. The normalized spacial score (nSPS) is 25.8. The van der Waals surface area contributed by atoms with Crippen LogP contribution in [0.5, 0.6) is 0 Å². The maximum atomic E-state index is 14.9. The molecule has 10 N–H and O–H groups in total. The zero-order valence-electron chi connectivity index (χ0n) is 70.8. The van der Waals surface area contributed by atoms with E-state index in [4.69, 9.17) is 46.9 Å². The molecule has 0 aromatic rings. The van der Waals surface area contributed by atoms with Gasteiger partial charge < -0.3 is 88.7 Å². The number of carbonyl (C=O) groups is 4. The molecular formula is C88H159O25P. The number of aliphatic hydroxyl groups is 9. The fourth-order valence-corrected chi connectivity index (χ4v) is 15.6. The Morgan fingerprint density at radius 2 is 0.711 bits per heavy atom. The van der Waals surface area contributed by atoms with Crippen LogP contribution in [0.4, 0.5) is 0 Å². The molecule has 1 saturated carbocycles. The molecule has 19 atom stereocenters. The van der Waals surface area contributed by atoms with E-state index in [2.05, 4.69) is 71.1 Å². The Kier molecular flexibility index (Phi) is 61.1. The maximum absolute atomic E-state index is 14.9. The third-order valence-corrected chi connectivity index (χ3v) is 23.0. The summed E-state index contributed by atoms with van der Waals surface area (Å²) in [6.45, 7) is 7.82. The van der Waals surface area contributed by atoms with Crippen molar-refractivity contribution < 1.29 is 122 Å². The van der Waals surface area contributed by atoms with Crippen molar-refractivity contribution in [2.24, 2.45) is 5.92 Å². The van der Waals surface area contributed by atoms with Crippen molar-refractivity contribution in [3.63, 3.8) is 0 Å². The minimum absolute atomic E-state index is 0.00939. The van der Waals surface area contributed by atoms with Crippen molar-refractivity contribution in [2.75, 3.05) is 26.4 Å². The summed E-state index contributed by atoms with van der Waals surface area (Å²) in [5, 5.41) is 102. The minimum atomic E-state index is -5.81. The maximum Gasteiger partial charge on any atom is 0.472 e. The first-order valence-electron chi connectivity index (χ1n) is 45.1. The number of phosphoric acid groups is 1. The van der Waals surface area contributed by atoms with Crippen LogP contribution in [-0.2, 0) is 70.7 Å². The minimum Gasteiger partial charge on any atom is -0.463 e. The zero-order valence-corrected chi connectivity index (χ0v) is 71.7. The highest BCUT2D eigenvalue weighted by Gasteiger charge is 2.60. The Morgan fingerprint density at radius 1 is 0.368 bits per heavy atom. The summed E-state index contributed by atoms with van der Waals surface area (Å²) in [5.41, 5.74) is 0. The molecule has 2 saturated heterocycles. The summed E-state index contributed by atoms with van der Waals surface area (Å²) >= 11 is 0. The fraction of sp³-hybridized carbons (Fsp3) is 0.886. The number of ether oxygens (including phenoxy) is 8. The van der Waals surface area contributed by atoms with Gasteiger partial charge in [0.15, 0.2) is 24.8 Å². The smallest absolute Gasteiger partial charge is 0.463 e. The molecule has 3 aliphatic rings. The van der Waals surface area contributed by atoms with Gasteiger partial charge in [-0.25, -0.2) is 4.57 Å². The molecule has 25 nitrogen and oxygen atoms in total. The van der Waals surface area contributed by atoms with Gasteiger partial charge in [0, 0.05) is 25.7 Å². The Hall–Kier alpha value is -3.31. The molecule has 0 aromatic carbocycles. The van der Waals surface area contributed by atoms with Crippen LogP contribution in [0.25, 0.3) is 0 Å². The molecule has 114 heavy (non-hydrogen) atoms. The second-order valence-corrected chi connectivity index (χ2v) is 33.8. The van der Waals surface area contributed by atoms with E-state index in [1.54, 1.807) is 0 Å². The summed E-state index contributed by atoms with van der Waals surface area (Å²) in [4.78, 5) is 66.3. The highest BCUT2D eigenvalue weighted by Crippen LogP contribution is 2.49. The molecule has 0 aromatic heterocycles. The second-order valence-electron chi connectivity index (χ2n) is 32.4. The van der Waals surface area contributed by atoms with Gasteiger partial charge in [-0.3, -0.25) is 28.2 Å². The number of hydrogen-bond acceptors (Lipinski definition) is 24. The van der Waals surface area contributed by atoms with Crippen LogP contribution < -0.4 is 0 Å². The Labute approximate surface area is 685 Å². The number of phosphoric ester groups is 1. The van der Waals surface area contributed by atoms with Gasteiger partial charge in [-0.2, -0.15) is 0 Å². The molecule has 3 rings (SSSR count). The Bertz CT molecular complexity index is 2540. The van der Waals surface area contributed by atoms with Gasteiger partial charge in [-0.05, 0) is 109 Å². The second kappa shape index (κ2) is 66.4. The molecule has 3 fully saturated rings. The lowest BCUT2D eigenvalue weighted by Crippen LogP contribution is -2.70. The van der Waals surface area contributed by atoms with Crippen LogP contribution in [0.2, 0.25) is 0 Å². The molecule has 2 heterocycles. The van der Waals surface area contributed by atoms with Gasteiger partial charge in [0.1, 0.15) is 92.6 Å². The number of aliphatic hydroxyl groups excluding tert-OH is 9. The van der Waals surface area contributed by atoms with Gasteiger partial charge in [-0.1, -0.05) is 270 Å². The predicted molar refractivity (Wildman–Crippen MR) is 439 cm³/mol. The fourth-order valence-electron chi connectivity index (χ4n) is 14.7. The van der Waals surface area contributed by atoms with Crippen molar-refractivity contribution in [1.82, 2.24) is 0 Å². The van der Waals surface area contributed by atoms with Crippen molar-refractivity contribution in [1.29, 1.82) is 0 Å². The monoisotopic (exact) mass is 1650 g/mol. The first-order chi connectivity index (χ1) is 55.1. The molecule has 0 bridgehead atoms. The number of esters is 4. The average molecular weight is 1650 g/mol. The average Bonchev–Trinajstić information content (AvgIpc) is 0.754. The summed E-state index contributed by atoms with van der Waals surface area (Å²) in [6.07, 6.45) is 24.7. The third kappa shape index (κ3) is 47.0. The molecule has 19 unspecified atom stereocenters. The summed E-state index contributed by atoms with van der Waals surface area (Å²) in [5.74, 6) is -2.36. The van der Waals surface area contributed by atoms with Crippen LogP contribution in [0.15, 0.2) is 36.5 Å². The topological polar surface area (TPSA) is 380 Å². The van der Waals surface area contributed by atoms with Gasteiger partial charge in [-0.15, -0.1) is 0 Å². The van der Waals surface area contributed by atoms with Gasteiger partial charge in [0.05, 0.1) is 13.2 Å². The lowest BCUT2D eigenvalue weighted by atomic mass is 9.84. The number of hydrogen-bond donors (Lipinski definition) is 10. The quantitative estimate of drug-likeness (QED) is 0.00889. The van der Waals surface area contributed by atoms with Crippen molar-refractivity contribution in [3.05, 3.63) is 36.5 Å².